The molecule has 0 aliphatic heterocycles. The largest absolute Gasteiger partial charge is 0.277 e. The molecular weight excluding hydrogens is 226 g/mol. The number of para-hydroxylation sites is 1. The van der Waals surface area contributed by atoms with Crippen LogP contribution in [0.25, 0.3) is 0 Å². The minimum Gasteiger partial charge on any atom is -0.277 e. The second-order valence-corrected chi connectivity index (χ2v) is 4.51. The molecule has 4 heteroatoms. The van der Waals surface area contributed by atoms with Gasteiger partial charge >= 0.3 is 0 Å². The van der Waals surface area contributed by atoms with Gasteiger partial charge in [0.15, 0.2) is 0 Å². The van der Waals surface area contributed by atoms with E-state index in [9.17, 15) is 4.79 Å². The van der Waals surface area contributed by atoms with Gasteiger partial charge in [-0.05, 0) is 25.0 Å². The minimum atomic E-state index is 0.401. The number of benzene rings is 1. The average Bonchev–Trinajstić information content (AvgIpc) is 2.45. The number of hydrazine groups is 1. The molecule has 1 fully saturated rings. The summed E-state index contributed by atoms with van der Waals surface area (Å²) >= 11 is 0. The highest BCUT2D eigenvalue weighted by Gasteiger charge is 2.11. The van der Waals surface area contributed by atoms with Crippen LogP contribution in [-0.2, 0) is 4.79 Å². The van der Waals surface area contributed by atoms with Crippen LogP contribution in [0, 0.1) is 0 Å². The molecule has 1 aromatic rings. The van der Waals surface area contributed by atoms with Crippen LogP contribution in [0.3, 0.4) is 0 Å². The fourth-order valence-corrected chi connectivity index (χ4v) is 2.21. The number of rotatable bonds is 5. The Hall–Kier alpha value is -1.84. The maximum absolute atomic E-state index is 10.6. The number of amides is 1. The maximum Gasteiger partial charge on any atom is 0.226 e. The van der Waals surface area contributed by atoms with E-state index in [1.807, 2.05) is 30.3 Å². The van der Waals surface area contributed by atoms with Crippen molar-refractivity contribution in [3.05, 3.63) is 30.3 Å². The van der Waals surface area contributed by atoms with Crippen LogP contribution in [-0.4, -0.2) is 18.8 Å². The van der Waals surface area contributed by atoms with Crippen molar-refractivity contribution in [3.63, 3.8) is 0 Å². The molecule has 0 bridgehead atoms. The molecule has 0 heterocycles. The molecule has 0 radical (unpaired) electrons. The highest BCUT2D eigenvalue weighted by molar-refractivity contribution is 5.80. The Morgan fingerprint density at radius 2 is 1.89 bits per heavy atom. The SMILES string of the molecule is O=CNN(C=NC1CCCCC1)c1ccccc1. The molecule has 1 amide bonds. The zero-order chi connectivity index (χ0) is 12.6. The first-order valence-corrected chi connectivity index (χ1v) is 6.47. The first-order valence-electron chi connectivity index (χ1n) is 6.47. The highest BCUT2D eigenvalue weighted by atomic mass is 16.1. The molecule has 4 nitrogen and oxygen atoms in total. The van der Waals surface area contributed by atoms with Crippen LogP contribution < -0.4 is 10.4 Å². The lowest BCUT2D eigenvalue weighted by molar-refractivity contribution is -0.109. The third-order valence-corrected chi connectivity index (χ3v) is 3.19. The lowest BCUT2D eigenvalue weighted by Gasteiger charge is -2.21. The van der Waals surface area contributed by atoms with E-state index in [0.717, 1.165) is 18.5 Å². The zero-order valence-electron chi connectivity index (χ0n) is 10.5. The number of hydrogen-bond acceptors (Lipinski definition) is 2. The van der Waals surface area contributed by atoms with Gasteiger partial charge < -0.3 is 0 Å². The molecule has 0 saturated heterocycles. The van der Waals surface area contributed by atoms with E-state index in [0.29, 0.717) is 12.5 Å². The molecule has 1 aromatic carbocycles. The van der Waals surface area contributed by atoms with Gasteiger partial charge in [0.1, 0.15) is 6.34 Å². The second kappa shape index (κ2) is 6.79. The zero-order valence-corrected chi connectivity index (χ0v) is 10.5. The molecule has 0 spiro atoms. The van der Waals surface area contributed by atoms with Gasteiger partial charge in [-0.15, -0.1) is 0 Å². The smallest absolute Gasteiger partial charge is 0.226 e. The van der Waals surface area contributed by atoms with E-state index in [1.54, 1.807) is 11.3 Å². The van der Waals surface area contributed by atoms with E-state index >= 15 is 0 Å². The molecule has 96 valence electrons. The summed E-state index contributed by atoms with van der Waals surface area (Å²) in [4.78, 5) is 15.2. The highest BCUT2D eigenvalue weighted by Crippen LogP contribution is 2.20. The van der Waals surface area contributed by atoms with Crippen molar-refractivity contribution in [2.24, 2.45) is 4.99 Å². The summed E-state index contributed by atoms with van der Waals surface area (Å²) in [5.41, 5.74) is 3.55. The van der Waals surface area contributed by atoms with Crippen molar-refractivity contribution < 1.29 is 4.79 Å². The Kier molecular flexibility index (Phi) is 4.76. The second-order valence-electron chi connectivity index (χ2n) is 4.51. The third-order valence-electron chi connectivity index (χ3n) is 3.19. The van der Waals surface area contributed by atoms with Crippen molar-refractivity contribution >= 4 is 18.4 Å². The van der Waals surface area contributed by atoms with E-state index in [2.05, 4.69) is 10.4 Å². The predicted molar refractivity (Wildman–Crippen MR) is 73.5 cm³/mol. The first-order chi connectivity index (χ1) is 8.90. The number of carbonyl (C=O) groups excluding carboxylic acids is 1. The summed E-state index contributed by atoms with van der Waals surface area (Å²) < 4.78 is 0. The summed E-state index contributed by atoms with van der Waals surface area (Å²) in [7, 11) is 0. The van der Waals surface area contributed by atoms with Gasteiger partial charge in [-0.1, -0.05) is 37.5 Å². The maximum atomic E-state index is 10.6. The van der Waals surface area contributed by atoms with Gasteiger partial charge in [-0.25, -0.2) is 5.01 Å². The van der Waals surface area contributed by atoms with Crippen LogP contribution in [0.15, 0.2) is 35.3 Å². The number of anilines is 1. The van der Waals surface area contributed by atoms with Gasteiger partial charge in [0.05, 0.1) is 11.7 Å². The van der Waals surface area contributed by atoms with Crippen LogP contribution in [0.2, 0.25) is 0 Å². The van der Waals surface area contributed by atoms with Crippen LogP contribution >= 0.6 is 0 Å². The van der Waals surface area contributed by atoms with Crippen molar-refractivity contribution in [2.45, 2.75) is 38.1 Å². The monoisotopic (exact) mass is 245 g/mol. The van der Waals surface area contributed by atoms with Crippen molar-refractivity contribution in [2.75, 3.05) is 5.01 Å². The van der Waals surface area contributed by atoms with E-state index in [-0.39, 0.29) is 0 Å². The van der Waals surface area contributed by atoms with Gasteiger partial charge in [0, 0.05) is 0 Å². The van der Waals surface area contributed by atoms with Crippen molar-refractivity contribution in [1.82, 2.24) is 5.43 Å². The minimum absolute atomic E-state index is 0.401. The Morgan fingerprint density at radius 1 is 1.17 bits per heavy atom. The molecule has 0 unspecified atom stereocenters. The first kappa shape index (κ1) is 12.6. The van der Waals surface area contributed by atoms with Gasteiger partial charge in [0.25, 0.3) is 0 Å². The summed E-state index contributed by atoms with van der Waals surface area (Å²) in [6, 6.07) is 10.1. The average molecular weight is 245 g/mol. The summed E-state index contributed by atoms with van der Waals surface area (Å²) in [5, 5.41) is 1.65. The lowest BCUT2D eigenvalue weighted by Crippen LogP contribution is -2.36. The Bertz CT molecular complexity index is 385. The summed E-state index contributed by atoms with van der Waals surface area (Å²) in [5.74, 6) is 0. The Morgan fingerprint density at radius 3 is 2.56 bits per heavy atom. The number of carbonyl (C=O) groups is 1. The molecule has 0 aromatic heterocycles. The molecule has 1 N–H and O–H groups in total. The van der Waals surface area contributed by atoms with Gasteiger partial charge in [-0.3, -0.25) is 15.2 Å². The van der Waals surface area contributed by atoms with E-state index < -0.39 is 0 Å². The Balaban J connectivity index is 2.01. The normalized spacial score (nSPS) is 16.7. The summed E-state index contributed by atoms with van der Waals surface area (Å²) in [6.45, 7) is 0. The Labute approximate surface area is 108 Å². The standard InChI is InChI=1S/C14H19N3O/c18-12-16-17(14-9-5-2-6-10-14)11-15-13-7-3-1-4-8-13/h2,5-6,9-13H,1,3-4,7-8H2,(H,16,18). The molecule has 18 heavy (non-hydrogen) atoms. The molecular formula is C14H19N3O. The van der Waals surface area contributed by atoms with Crippen LogP contribution in [0.4, 0.5) is 5.69 Å². The number of hydrogen-bond donors (Lipinski definition) is 1. The van der Waals surface area contributed by atoms with Gasteiger partial charge in [-0.2, -0.15) is 0 Å². The topological polar surface area (TPSA) is 44.7 Å². The predicted octanol–water partition coefficient (Wildman–Crippen LogP) is 2.52. The van der Waals surface area contributed by atoms with Crippen LogP contribution in [0.5, 0.6) is 0 Å². The molecule has 1 aliphatic carbocycles. The lowest BCUT2D eigenvalue weighted by atomic mass is 9.96. The fraction of sp³-hybridized carbons (Fsp3) is 0.429. The van der Waals surface area contributed by atoms with E-state index in [1.165, 1.54) is 19.3 Å². The van der Waals surface area contributed by atoms with Crippen molar-refractivity contribution in [3.8, 4) is 0 Å². The molecule has 1 saturated carbocycles. The van der Waals surface area contributed by atoms with Crippen LogP contribution in [0.1, 0.15) is 32.1 Å². The number of nitrogens with one attached hydrogen (secondary N) is 1. The number of nitrogens with zero attached hydrogens (tertiary/aromatic N) is 2. The quantitative estimate of drug-likeness (QED) is 0.375. The number of aliphatic imine (C=N–C) groups is 1. The van der Waals surface area contributed by atoms with E-state index in [4.69, 9.17) is 0 Å². The molecule has 0 atom stereocenters. The molecule has 1 aliphatic rings. The molecule has 2 rings (SSSR count). The fourth-order valence-electron chi connectivity index (χ4n) is 2.21. The van der Waals surface area contributed by atoms with Gasteiger partial charge in [0.2, 0.25) is 6.41 Å². The van der Waals surface area contributed by atoms with Crippen molar-refractivity contribution in [1.29, 1.82) is 0 Å². The summed E-state index contributed by atoms with van der Waals surface area (Å²) in [6.07, 6.45) is 8.53. The third kappa shape index (κ3) is 3.58.